The Morgan fingerprint density at radius 2 is 1.82 bits per heavy atom. The van der Waals surface area contributed by atoms with Crippen molar-refractivity contribution in [1.82, 2.24) is 14.8 Å². The standard InChI is InChI=1S/C20H20F2N4OS/c1-4-26-18(14-9-6-5-8-12(14)2)24-25-20(26)28-13(3)19(27)23-17-15(21)10-7-11-16(17)22/h5-11,13H,4H2,1-3H3,(H,23,27)/t13-/m0/s1. The van der Waals surface area contributed by atoms with Gasteiger partial charge in [0.15, 0.2) is 11.0 Å². The number of aromatic nitrogens is 3. The summed E-state index contributed by atoms with van der Waals surface area (Å²) in [6.07, 6.45) is 0. The number of nitrogens with zero attached hydrogens (tertiary/aromatic N) is 3. The molecule has 0 spiro atoms. The molecular formula is C20H20F2N4OS. The maximum absolute atomic E-state index is 13.8. The predicted molar refractivity (Wildman–Crippen MR) is 106 cm³/mol. The molecule has 146 valence electrons. The van der Waals surface area contributed by atoms with Crippen molar-refractivity contribution in [3.8, 4) is 11.4 Å². The number of anilines is 1. The highest BCUT2D eigenvalue weighted by molar-refractivity contribution is 8.00. The van der Waals surface area contributed by atoms with E-state index in [2.05, 4.69) is 15.5 Å². The number of rotatable bonds is 6. The van der Waals surface area contributed by atoms with Crippen LogP contribution in [0.5, 0.6) is 0 Å². The Balaban J connectivity index is 1.80. The van der Waals surface area contributed by atoms with Crippen molar-refractivity contribution >= 4 is 23.4 Å². The molecule has 0 aliphatic rings. The molecule has 28 heavy (non-hydrogen) atoms. The molecule has 0 radical (unpaired) electrons. The van der Waals surface area contributed by atoms with E-state index in [1.54, 1.807) is 6.92 Å². The van der Waals surface area contributed by atoms with Gasteiger partial charge < -0.3 is 9.88 Å². The second-order valence-electron chi connectivity index (χ2n) is 6.21. The van der Waals surface area contributed by atoms with Crippen molar-refractivity contribution in [2.24, 2.45) is 0 Å². The van der Waals surface area contributed by atoms with E-state index >= 15 is 0 Å². The number of hydrogen-bond acceptors (Lipinski definition) is 4. The minimum absolute atomic E-state index is 0.447. The molecular weight excluding hydrogens is 382 g/mol. The van der Waals surface area contributed by atoms with Crippen LogP contribution in [-0.4, -0.2) is 25.9 Å². The molecule has 1 atom stereocenters. The molecule has 0 saturated carbocycles. The van der Waals surface area contributed by atoms with Gasteiger partial charge in [0.1, 0.15) is 17.3 Å². The lowest BCUT2D eigenvalue weighted by molar-refractivity contribution is -0.115. The van der Waals surface area contributed by atoms with Crippen molar-refractivity contribution in [3.63, 3.8) is 0 Å². The number of nitrogens with one attached hydrogen (secondary N) is 1. The Hall–Kier alpha value is -2.74. The average Bonchev–Trinajstić information content (AvgIpc) is 3.07. The smallest absolute Gasteiger partial charge is 0.237 e. The molecule has 8 heteroatoms. The summed E-state index contributed by atoms with van der Waals surface area (Å²) in [6, 6.07) is 11.3. The van der Waals surface area contributed by atoms with E-state index in [0.29, 0.717) is 11.7 Å². The van der Waals surface area contributed by atoms with Crippen molar-refractivity contribution in [2.45, 2.75) is 37.7 Å². The monoisotopic (exact) mass is 402 g/mol. The number of para-hydroxylation sites is 1. The normalized spacial score (nSPS) is 12.0. The zero-order chi connectivity index (χ0) is 20.3. The molecule has 0 saturated heterocycles. The van der Waals surface area contributed by atoms with Crippen LogP contribution >= 0.6 is 11.8 Å². The summed E-state index contributed by atoms with van der Waals surface area (Å²) < 4.78 is 29.4. The number of thioether (sulfide) groups is 1. The number of benzene rings is 2. The molecule has 0 unspecified atom stereocenters. The van der Waals surface area contributed by atoms with Crippen molar-refractivity contribution in [3.05, 3.63) is 59.7 Å². The highest BCUT2D eigenvalue weighted by Gasteiger charge is 2.22. The number of amides is 1. The Morgan fingerprint density at radius 1 is 1.14 bits per heavy atom. The van der Waals surface area contributed by atoms with Gasteiger partial charge in [-0.15, -0.1) is 10.2 Å². The third-order valence-electron chi connectivity index (χ3n) is 4.28. The first-order valence-corrected chi connectivity index (χ1v) is 9.71. The molecule has 0 bridgehead atoms. The minimum Gasteiger partial charge on any atom is -0.320 e. The Bertz CT molecular complexity index is 985. The van der Waals surface area contributed by atoms with Crippen LogP contribution < -0.4 is 5.32 Å². The molecule has 5 nitrogen and oxygen atoms in total. The van der Waals surface area contributed by atoms with Gasteiger partial charge in [-0.3, -0.25) is 4.79 Å². The molecule has 3 aromatic rings. The van der Waals surface area contributed by atoms with Gasteiger partial charge in [-0.2, -0.15) is 0 Å². The van der Waals surface area contributed by atoms with E-state index in [4.69, 9.17) is 0 Å². The van der Waals surface area contributed by atoms with Gasteiger partial charge in [0.2, 0.25) is 5.91 Å². The molecule has 0 aliphatic carbocycles. The van der Waals surface area contributed by atoms with E-state index < -0.39 is 28.5 Å². The number of carbonyl (C=O) groups is 1. The average molecular weight is 402 g/mol. The number of hydrogen-bond donors (Lipinski definition) is 1. The quantitative estimate of drug-likeness (QED) is 0.609. The van der Waals surface area contributed by atoms with Crippen LogP contribution in [0, 0.1) is 18.6 Å². The summed E-state index contributed by atoms with van der Waals surface area (Å²) in [5.74, 6) is -1.43. The molecule has 0 fully saturated rings. The molecule has 1 amide bonds. The minimum atomic E-state index is -0.816. The first-order chi connectivity index (χ1) is 13.4. The summed E-state index contributed by atoms with van der Waals surface area (Å²) >= 11 is 1.19. The summed E-state index contributed by atoms with van der Waals surface area (Å²) in [5.41, 5.74) is 1.59. The van der Waals surface area contributed by atoms with Crippen LogP contribution in [0.2, 0.25) is 0 Å². The largest absolute Gasteiger partial charge is 0.320 e. The molecule has 0 aliphatic heterocycles. The lowest BCUT2D eigenvalue weighted by atomic mass is 10.1. The fraction of sp³-hybridized carbons (Fsp3) is 0.250. The Morgan fingerprint density at radius 3 is 2.46 bits per heavy atom. The third-order valence-corrected chi connectivity index (χ3v) is 5.36. The summed E-state index contributed by atoms with van der Waals surface area (Å²) in [7, 11) is 0. The van der Waals surface area contributed by atoms with Gasteiger partial charge in [-0.05, 0) is 38.5 Å². The fourth-order valence-corrected chi connectivity index (χ4v) is 3.65. The highest BCUT2D eigenvalue weighted by atomic mass is 32.2. The van der Waals surface area contributed by atoms with Crippen molar-refractivity contribution in [1.29, 1.82) is 0 Å². The van der Waals surface area contributed by atoms with Gasteiger partial charge in [-0.25, -0.2) is 8.78 Å². The maximum atomic E-state index is 13.8. The summed E-state index contributed by atoms with van der Waals surface area (Å²) in [5, 5.41) is 10.8. The predicted octanol–water partition coefficient (Wildman–Crippen LogP) is 4.67. The number of carbonyl (C=O) groups excluding carboxylic acids is 1. The molecule has 1 heterocycles. The highest BCUT2D eigenvalue weighted by Crippen LogP contribution is 2.29. The van der Waals surface area contributed by atoms with Crippen molar-refractivity contribution < 1.29 is 13.6 Å². The van der Waals surface area contributed by atoms with Crippen LogP contribution in [-0.2, 0) is 11.3 Å². The van der Waals surface area contributed by atoms with Gasteiger partial charge >= 0.3 is 0 Å². The third kappa shape index (κ3) is 4.06. The van der Waals surface area contributed by atoms with Crippen molar-refractivity contribution in [2.75, 3.05) is 5.32 Å². The van der Waals surface area contributed by atoms with E-state index in [9.17, 15) is 13.6 Å². The van der Waals surface area contributed by atoms with Gasteiger partial charge in [0, 0.05) is 12.1 Å². The SMILES string of the molecule is CCn1c(S[C@@H](C)C(=O)Nc2c(F)cccc2F)nnc1-c1ccccc1C. The second-order valence-corrected chi connectivity index (χ2v) is 7.52. The van der Waals surface area contributed by atoms with Crippen LogP contribution in [0.1, 0.15) is 19.4 Å². The Kier molecular flexibility index (Phi) is 6.08. The topological polar surface area (TPSA) is 59.8 Å². The lowest BCUT2D eigenvalue weighted by Gasteiger charge is -2.14. The Labute approximate surface area is 166 Å². The van der Waals surface area contributed by atoms with E-state index in [1.807, 2.05) is 42.7 Å². The van der Waals surface area contributed by atoms with Crippen LogP contribution in [0.4, 0.5) is 14.5 Å². The molecule has 3 rings (SSSR count). The van der Waals surface area contributed by atoms with Gasteiger partial charge in [-0.1, -0.05) is 42.1 Å². The zero-order valence-electron chi connectivity index (χ0n) is 15.7. The maximum Gasteiger partial charge on any atom is 0.237 e. The second kappa shape index (κ2) is 8.52. The first kappa shape index (κ1) is 20.0. The van der Waals surface area contributed by atoms with Gasteiger partial charge in [0.25, 0.3) is 0 Å². The van der Waals surface area contributed by atoms with E-state index in [0.717, 1.165) is 29.1 Å². The van der Waals surface area contributed by atoms with Crippen LogP contribution in [0.25, 0.3) is 11.4 Å². The fourth-order valence-electron chi connectivity index (χ4n) is 2.74. The zero-order valence-corrected chi connectivity index (χ0v) is 16.6. The summed E-state index contributed by atoms with van der Waals surface area (Å²) in [6.45, 7) is 6.24. The van der Waals surface area contributed by atoms with E-state index in [1.165, 1.54) is 17.8 Å². The van der Waals surface area contributed by atoms with Gasteiger partial charge in [0.05, 0.1) is 5.25 Å². The molecule has 1 N–H and O–H groups in total. The van der Waals surface area contributed by atoms with E-state index in [-0.39, 0.29) is 0 Å². The lowest BCUT2D eigenvalue weighted by Crippen LogP contribution is -2.24. The first-order valence-electron chi connectivity index (χ1n) is 8.83. The number of halogens is 2. The van der Waals surface area contributed by atoms with Crippen LogP contribution in [0.3, 0.4) is 0 Å². The molecule has 1 aromatic heterocycles. The summed E-state index contributed by atoms with van der Waals surface area (Å²) in [4.78, 5) is 12.4. The number of aryl methyl sites for hydroxylation is 1. The van der Waals surface area contributed by atoms with Crippen LogP contribution in [0.15, 0.2) is 47.6 Å². The molecule has 2 aromatic carbocycles.